The Labute approximate surface area is 128 Å². The fraction of sp³-hybridized carbons (Fsp3) is 0.462. The van der Waals surface area contributed by atoms with E-state index in [-0.39, 0.29) is 5.91 Å². The number of carbonyl (C=O) groups is 1. The molecule has 0 spiro atoms. The van der Waals surface area contributed by atoms with Crippen LogP contribution in [0.25, 0.3) is 0 Å². The van der Waals surface area contributed by atoms with Crippen molar-refractivity contribution < 1.29 is 4.79 Å². The highest BCUT2D eigenvalue weighted by Crippen LogP contribution is 2.31. The van der Waals surface area contributed by atoms with E-state index in [4.69, 9.17) is 34.8 Å². The largest absolute Gasteiger partial charge is 0.356 e. The Morgan fingerprint density at radius 3 is 2.53 bits per heavy atom. The second kappa shape index (κ2) is 8.64. The lowest BCUT2D eigenvalue weighted by Crippen LogP contribution is -2.28. The van der Waals surface area contributed by atoms with Crippen molar-refractivity contribution in [2.24, 2.45) is 0 Å². The van der Waals surface area contributed by atoms with Gasteiger partial charge in [-0.2, -0.15) is 0 Å². The summed E-state index contributed by atoms with van der Waals surface area (Å²) in [6.45, 7) is 3.78. The molecule has 0 atom stereocenters. The summed E-state index contributed by atoms with van der Waals surface area (Å²) in [6, 6.07) is 3.37. The van der Waals surface area contributed by atoms with Crippen LogP contribution in [0.2, 0.25) is 15.1 Å². The van der Waals surface area contributed by atoms with Crippen LogP contribution in [0.1, 0.15) is 25.3 Å². The van der Waals surface area contributed by atoms with Crippen LogP contribution in [0, 0.1) is 0 Å². The highest BCUT2D eigenvalue weighted by molar-refractivity contribution is 6.44. The van der Waals surface area contributed by atoms with Crippen molar-refractivity contribution in [1.82, 2.24) is 10.6 Å². The van der Waals surface area contributed by atoms with Crippen molar-refractivity contribution in [3.63, 3.8) is 0 Å². The number of hydrogen-bond donors (Lipinski definition) is 2. The number of rotatable bonds is 7. The molecule has 0 bridgehead atoms. The van der Waals surface area contributed by atoms with E-state index in [0.717, 1.165) is 12.0 Å². The molecule has 0 aromatic heterocycles. The van der Waals surface area contributed by atoms with Crippen LogP contribution < -0.4 is 10.6 Å². The number of amides is 1. The standard InChI is InChI=1S/C13H17Cl3N2O/c1-2-6-18-12(19)5-7-17-8-9-10(14)3-4-11(15)13(9)16/h3-4,17H,2,5-8H2,1H3,(H,18,19). The van der Waals surface area contributed by atoms with Gasteiger partial charge in [0.25, 0.3) is 0 Å². The monoisotopic (exact) mass is 322 g/mol. The van der Waals surface area contributed by atoms with Crippen LogP contribution in [0.3, 0.4) is 0 Å². The number of benzene rings is 1. The summed E-state index contributed by atoms with van der Waals surface area (Å²) in [7, 11) is 0. The molecule has 1 amide bonds. The van der Waals surface area contributed by atoms with Gasteiger partial charge < -0.3 is 10.6 Å². The van der Waals surface area contributed by atoms with Gasteiger partial charge in [-0.25, -0.2) is 0 Å². The predicted molar refractivity (Wildman–Crippen MR) is 81.1 cm³/mol. The third kappa shape index (κ3) is 5.57. The van der Waals surface area contributed by atoms with Crippen LogP contribution in [-0.4, -0.2) is 19.0 Å². The molecule has 0 saturated carbocycles. The number of carbonyl (C=O) groups excluding carboxylic acids is 1. The summed E-state index contributed by atoms with van der Waals surface area (Å²) in [5.41, 5.74) is 0.754. The van der Waals surface area contributed by atoms with E-state index < -0.39 is 0 Å². The molecule has 1 aromatic carbocycles. The summed E-state index contributed by atoms with van der Waals surface area (Å²) < 4.78 is 0. The fourth-order valence-corrected chi connectivity index (χ4v) is 2.18. The van der Waals surface area contributed by atoms with E-state index >= 15 is 0 Å². The Hall–Kier alpha value is -0.480. The Morgan fingerprint density at radius 2 is 1.84 bits per heavy atom. The van der Waals surface area contributed by atoms with Gasteiger partial charge in [0.15, 0.2) is 0 Å². The van der Waals surface area contributed by atoms with Crippen molar-refractivity contribution in [2.75, 3.05) is 13.1 Å². The van der Waals surface area contributed by atoms with E-state index in [0.29, 0.717) is 41.1 Å². The van der Waals surface area contributed by atoms with Crippen molar-refractivity contribution in [1.29, 1.82) is 0 Å². The second-order valence-corrected chi connectivity index (χ2v) is 5.29. The van der Waals surface area contributed by atoms with E-state index in [1.165, 1.54) is 0 Å². The molecule has 0 aliphatic heterocycles. The third-order valence-corrected chi connectivity index (χ3v) is 3.74. The highest BCUT2D eigenvalue weighted by Gasteiger charge is 2.09. The van der Waals surface area contributed by atoms with Gasteiger partial charge in [-0.15, -0.1) is 0 Å². The first-order chi connectivity index (χ1) is 9.06. The molecular weight excluding hydrogens is 307 g/mol. The summed E-state index contributed by atoms with van der Waals surface area (Å²) in [5, 5.41) is 7.44. The molecule has 0 heterocycles. The van der Waals surface area contributed by atoms with Gasteiger partial charge in [0.1, 0.15) is 0 Å². The maximum atomic E-state index is 11.4. The molecule has 0 unspecified atom stereocenters. The van der Waals surface area contributed by atoms with E-state index in [9.17, 15) is 4.79 Å². The first kappa shape index (κ1) is 16.6. The normalized spacial score (nSPS) is 10.5. The number of halogens is 3. The molecule has 0 aliphatic carbocycles. The predicted octanol–water partition coefficient (Wildman–Crippen LogP) is 3.65. The quantitative estimate of drug-likeness (QED) is 0.594. The molecule has 0 fully saturated rings. The zero-order chi connectivity index (χ0) is 14.3. The van der Waals surface area contributed by atoms with Crippen molar-refractivity contribution in [2.45, 2.75) is 26.3 Å². The lowest BCUT2D eigenvalue weighted by molar-refractivity contribution is -0.120. The lowest BCUT2D eigenvalue weighted by atomic mass is 10.2. The van der Waals surface area contributed by atoms with Crippen molar-refractivity contribution in [3.8, 4) is 0 Å². The number of nitrogens with one attached hydrogen (secondary N) is 2. The van der Waals surface area contributed by atoms with Gasteiger partial charge in [0, 0.05) is 36.6 Å². The minimum Gasteiger partial charge on any atom is -0.356 e. The van der Waals surface area contributed by atoms with Crippen molar-refractivity contribution >= 4 is 40.7 Å². The van der Waals surface area contributed by atoms with Crippen LogP contribution in [0.15, 0.2) is 12.1 Å². The third-order valence-electron chi connectivity index (χ3n) is 2.54. The first-order valence-electron chi connectivity index (χ1n) is 6.16. The molecule has 1 rings (SSSR count). The molecule has 6 heteroatoms. The summed E-state index contributed by atoms with van der Waals surface area (Å²) >= 11 is 18.0. The van der Waals surface area contributed by atoms with Gasteiger partial charge in [0.05, 0.1) is 10.0 Å². The smallest absolute Gasteiger partial charge is 0.221 e. The maximum absolute atomic E-state index is 11.4. The van der Waals surface area contributed by atoms with Gasteiger partial charge >= 0.3 is 0 Å². The second-order valence-electron chi connectivity index (χ2n) is 4.10. The van der Waals surface area contributed by atoms with Gasteiger partial charge in [0.2, 0.25) is 5.91 Å². The highest BCUT2D eigenvalue weighted by atomic mass is 35.5. The summed E-state index contributed by atoms with van der Waals surface area (Å²) in [5.74, 6) is 0.0395. The lowest BCUT2D eigenvalue weighted by Gasteiger charge is -2.10. The van der Waals surface area contributed by atoms with E-state index in [1.54, 1.807) is 12.1 Å². The first-order valence-corrected chi connectivity index (χ1v) is 7.29. The summed E-state index contributed by atoms with van der Waals surface area (Å²) in [4.78, 5) is 11.4. The Kier molecular flexibility index (Phi) is 7.54. The van der Waals surface area contributed by atoms with Crippen LogP contribution in [0.4, 0.5) is 0 Å². The molecule has 3 nitrogen and oxygen atoms in total. The van der Waals surface area contributed by atoms with Crippen LogP contribution in [0.5, 0.6) is 0 Å². The molecule has 19 heavy (non-hydrogen) atoms. The average molecular weight is 324 g/mol. The minimum atomic E-state index is 0.0395. The van der Waals surface area contributed by atoms with Crippen molar-refractivity contribution in [3.05, 3.63) is 32.8 Å². The SMILES string of the molecule is CCCNC(=O)CCNCc1c(Cl)ccc(Cl)c1Cl. The molecule has 2 N–H and O–H groups in total. The Bertz CT molecular complexity index is 438. The van der Waals surface area contributed by atoms with Crippen LogP contribution in [-0.2, 0) is 11.3 Å². The zero-order valence-electron chi connectivity index (χ0n) is 10.7. The van der Waals surface area contributed by atoms with Gasteiger partial charge in [-0.3, -0.25) is 4.79 Å². The average Bonchev–Trinajstić information content (AvgIpc) is 2.40. The molecule has 0 saturated heterocycles. The molecule has 0 aliphatic rings. The van der Waals surface area contributed by atoms with Crippen LogP contribution >= 0.6 is 34.8 Å². The Morgan fingerprint density at radius 1 is 1.16 bits per heavy atom. The fourth-order valence-electron chi connectivity index (χ4n) is 1.50. The zero-order valence-corrected chi connectivity index (χ0v) is 13.0. The molecule has 0 radical (unpaired) electrons. The Balaban J connectivity index is 2.38. The maximum Gasteiger partial charge on any atom is 0.221 e. The molecule has 1 aromatic rings. The van der Waals surface area contributed by atoms with E-state index in [2.05, 4.69) is 10.6 Å². The summed E-state index contributed by atoms with van der Waals surface area (Å²) in [6.07, 6.45) is 1.36. The minimum absolute atomic E-state index is 0.0395. The van der Waals surface area contributed by atoms with Gasteiger partial charge in [-0.05, 0) is 18.6 Å². The van der Waals surface area contributed by atoms with E-state index in [1.807, 2.05) is 6.92 Å². The molecular formula is C13H17Cl3N2O. The van der Waals surface area contributed by atoms with Gasteiger partial charge in [-0.1, -0.05) is 41.7 Å². The number of hydrogen-bond acceptors (Lipinski definition) is 2. The molecule has 106 valence electrons. The topological polar surface area (TPSA) is 41.1 Å².